The van der Waals surface area contributed by atoms with Crippen LogP contribution in [0.4, 0.5) is 11.4 Å². The summed E-state index contributed by atoms with van der Waals surface area (Å²) in [5, 5.41) is 3.75. The maximum atomic E-state index is 6.36. The largest absolute Gasteiger partial charge is 0.425 e. The van der Waals surface area contributed by atoms with Crippen molar-refractivity contribution in [1.82, 2.24) is 10.2 Å². The minimum absolute atomic E-state index is 0.595. The van der Waals surface area contributed by atoms with Gasteiger partial charge < -0.3 is 29.7 Å². The molecule has 8 heteroatoms. The molecule has 1 heterocycles. The van der Waals surface area contributed by atoms with E-state index in [4.69, 9.17) is 14.5 Å². The summed E-state index contributed by atoms with van der Waals surface area (Å²) in [5.41, 5.74) is 16.9. The van der Waals surface area contributed by atoms with E-state index in [1.807, 2.05) is 36.0 Å². The van der Waals surface area contributed by atoms with Crippen LogP contribution in [0.2, 0.25) is 0 Å². The molecule has 0 unspecified atom stereocenters. The lowest BCUT2D eigenvalue weighted by Gasteiger charge is -2.32. The van der Waals surface area contributed by atoms with Crippen LogP contribution in [0.25, 0.3) is 5.57 Å². The summed E-state index contributed by atoms with van der Waals surface area (Å²) in [4.78, 5) is 8.98. The highest BCUT2D eigenvalue weighted by molar-refractivity contribution is 14.1. The zero-order valence-electron chi connectivity index (χ0n) is 18.7. The highest BCUT2D eigenvalue weighted by Crippen LogP contribution is 2.40. The average Bonchev–Trinajstić information content (AvgIpc) is 2.75. The predicted octanol–water partition coefficient (Wildman–Crippen LogP) is 3.21. The van der Waals surface area contributed by atoms with Crippen LogP contribution in [-0.4, -0.2) is 64.0 Å². The molecule has 0 radical (unpaired) electrons. The Morgan fingerprint density at radius 3 is 2.67 bits per heavy atom. The molecule has 1 aromatic carbocycles. The van der Waals surface area contributed by atoms with Crippen molar-refractivity contribution in [2.45, 2.75) is 39.2 Å². The van der Waals surface area contributed by atoms with Crippen molar-refractivity contribution in [2.24, 2.45) is 10.7 Å². The van der Waals surface area contributed by atoms with Gasteiger partial charge in [-0.15, -0.1) is 0 Å². The second-order valence-electron chi connectivity index (χ2n) is 7.91. The summed E-state index contributed by atoms with van der Waals surface area (Å²) in [7, 11) is 3.94. The molecule has 0 aromatic heterocycles. The number of hydrogen-bond acceptors (Lipinski definition) is 7. The highest BCUT2D eigenvalue weighted by Gasteiger charge is 2.21. The van der Waals surface area contributed by atoms with Gasteiger partial charge in [-0.25, -0.2) is 0 Å². The minimum atomic E-state index is 0.595. The summed E-state index contributed by atoms with van der Waals surface area (Å²) in [6.07, 6.45) is 6.84. The molecule has 1 aliphatic heterocycles. The number of nitrogens with two attached hydrogens (primary N) is 2. The van der Waals surface area contributed by atoms with Gasteiger partial charge in [-0.2, -0.15) is 0 Å². The third-order valence-corrected chi connectivity index (χ3v) is 6.23. The molecule has 168 valence electrons. The first-order valence-electron chi connectivity index (χ1n) is 10.7. The number of halogens is 1. The molecule has 7 nitrogen and oxygen atoms in total. The molecule has 0 amide bonds. The van der Waals surface area contributed by atoms with Crippen LogP contribution in [0.5, 0.6) is 5.75 Å². The first kappa shape index (κ1) is 24.7. The molecule has 1 saturated heterocycles. The van der Waals surface area contributed by atoms with Gasteiger partial charge in [-0.3, -0.25) is 4.99 Å². The molecule has 1 aromatic rings. The van der Waals surface area contributed by atoms with Crippen molar-refractivity contribution < 1.29 is 3.07 Å². The fraction of sp³-hybridized carbons (Fsp3) is 0.591. The minimum Gasteiger partial charge on any atom is -0.425 e. The Morgan fingerprint density at radius 2 is 2.10 bits per heavy atom. The number of anilines is 2. The van der Waals surface area contributed by atoms with Crippen molar-refractivity contribution >= 4 is 46.2 Å². The lowest BCUT2D eigenvalue weighted by molar-refractivity contribution is 0.235. The van der Waals surface area contributed by atoms with Crippen molar-refractivity contribution in [2.75, 3.05) is 57.5 Å². The standard InChI is InChI=1S/C22H37IN6O/c1-5-9-29(12-8-27-18-6-10-28(4)11-7-18)19-13-20(30-23)22(25)16(2)21(19)17(14-24)15-26-3/h13-15,18,27H,5-12,24-25H2,1-4H3. The molecule has 1 fully saturated rings. The van der Waals surface area contributed by atoms with Crippen LogP contribution in [-0.2, 0) is 0 Å². The van der Waals surface area contributed by atoms with Crippen LogP contribution < -0.4 is 24.8 Å². The van der Waals surface area contributed by atoms with Gasteiger partial charge >= 0.3 is 0 Å². The van der Waals surface area contributed by atoms with E-state index >= 15 is 0 Å². The number of piperidine rings is 1. The van der Waals surface area contributed by atoms with Gasteiger partial charge in [0.15, 0.2) is 28.8 Å². The zero-order valence-corrected chi connectivity index (χ0v) is 20.9. The number of rotatable bonds is 10. The van der Waals surface area contributed by atoms with Crippen LogP contribution >= 0.6 is 23.0 Å². The van der Waals surface area contributed by atoms with E-state index in [1.165, 1.54) is 12.8 Å². The molecule has 0 saturated carbocycles. The van der Waals surface area contributed by atoms with Gasteiger partial charge in [-0.05, 0) is 51.9 Å². The summed E-state index contributed by atoms with van der Waals surface area (Å²) >= 11 is 1.89. The van der Waals surface area contributed by atoms with E-state index in [2.05, 4.69) is 34.1 Å². The Morgan fingerprint density at radius 1 is 1.40 bits per heavy atom. The fourth-order valence-corrected chi connectivity index (χ4v) is 4.40. The van der Waals surface area contributed by atoms with E-state index in [-0.39, 0.29) is 0 Å². The number of nitrogen functional groups attached to an aromatic ring is 1. The van der Waals surface area contributed by atoms with Gasteiger partial charge in [0.25, 0.3) is 0 Å². The summed E-state index contributed by atoms with van der Waals surface area (Å²) in [6.45, 7) is 9.31. The van der Waals surface area contributed by atoms with Crippen LogP contribution in [0.3, 0.4) is 0 Å². The molecule has 5 N–H and O–H groups in total. The monoisotopic (exact) mass is 528 g/mol. The normalized spacial score (nSPS) is 16.4. The molecule has 30 heavy (non-hydrogen) atoms. The molecule has 1 aliphatic rings. The number of aliphatic imine (C=N–C) groups is 1. The summed E-state index contributed by atoms with van der Waals surface area (Å²) in [6, 6.07) is 2.62. The van der Waals surface area contributed by atoms with Crippen LogP contribution in [0.1, 0.15) is 37.3 Å². The summed E-state index contributed by atoms with van der Waals surface area (Å²) < 4.78 is 5.55. The highest BCUT2D eigenvalue weighted by atomic mass is 127. The van der Waals surface area contributed by atoms with E-state index in [1.54, 1.807) is 19.5 Å². The maximum Gasteiger partial charge on any atom is 0.192 e. The number of nitrogens with one attached hydrogen (secondary N) is 1. The molecule has 0 spiro atoms. The van der Waals surface area contributed by atoms with E-state index in [9.17, 15) is 0 Å². The van der Waals surface area contributed by atoms with Gasteiger partial charge in [0.2, 0.25) is 0 Å². The smallest absolute Gasteiger partial charge is 0.192 e. The van der Waals surface area contributed by atoms with Gasteiger partial charge in [0.05, 0.1) is 5.69 Å². The van der Waals surface area contributed by atoms with E-state index < -0.39 is 0 Å². The fourth-order valence-electron chi connectivity index (χ4n) is 4.03. The Hall–Kier alpha value is -1.52. The van der Waals surface area contributed by atoms with E-state index in [0.29, 0.717) is 17.5 Å². The second kappa shape index (κ2) is 12.4. The molecular weight excluding hydrogens is 491 g/mol. The van der Waals surface area contributed by atoms with Crippen molar-refractivity contribution in [3.05, 3.63) is 23.4 Å². The number of nitrogens with zero attached hydrogens (tertiary/aromatic N) is 3. The Bertz CT molecular complexity index is 744. The Kier molecular flexibility index (Phi) is 10.2. The predicted molar refractivity (Wildman–Crippen MR) is 138 cm³/mol. The van der Waals surface area contributed by atoms with Crippen LogP contribution in [0, 0.1) is 6.92 Å². The summed E-state index contributed by atoms with van der Waals surface area (Å²) in [5.74, 6) is 0.682. The molecular formula is C22H37IN6O. The first-order chi connectivity index (χ1) is 14.5. The third-order valence-electron chi connectivity index (χ3n) is 5.76. The van der Waals surface area contributed by atoms with Gasteiger partial charge in [-0.1, -0.05) is 6.92 Å². The molecule has 0 aliphatic carbocycles. The lowest BCUT2D eigenvalue weighted by Crippen LogP contribution is -2.43. The first-order valence-corrected chi connectivity index (χ1v) is 11.6. The quantitative estimate of drug-likeness (QED) is 0.246. The second-order valence-corrected chi connectivity index (χ2v) is 8.35. The topological polar surface area (TPSA) is 92.1 Å². The van der Waals surface area contributed by atoms with E-state index in [0.717, 1.165) is 61.5 Å². The number of likely N-dealkylation sites (tertiary alicyclic amines) is 1. The Balaban J connectivity index is 2.31. The zero-order chi connectivity index (χ0) is 22.1. The molecule has 2 rings (SSSR count). The third kappa shape index (κ3) is 6.24. The average molecular weight is 528 g/mol. The number of benzene rings is 1. The maximum absolute atomic E-state index is 6.36. The molecule has 0 atom stereocenters. The van der Waals surface area contributed by atoms with Crippen molar-refractivity contribution in [3.8, 4) is 5.75 Å². The van der Waals surface area contributed by atoms with Gasteiger partial charge in [0.1, 0.15) is 0 Å². The Labute approximate surface area is 195 Å². The van der Waals surface area contributed by atoms with Crippen molar-refractivity contribution in [1.29, 1.82) is 0 Å². The van der Waals surface area contributed by atoms with Gasteiger partial charge in [0, 0.05) is 68.0 Å². The number of hydrogen-bond donors (Lipinski definition) is 3. The van der Waals surface area contributed by atoms with Crippen LogP contribution in [0.15, 0.2) is 17.3 Å². The molecule has 0 bridgehead atoms. The van der Waals surface area contributed by atoms with Crippen molar-refractivity contribution in [3.63, 3.8) is 0 Å². The lowest BCUT2D eigenvalue weighted by atomic mass is 9.96. The number of allylic oxidation sites excluding steroid dienone is 1. The SMILES string of the molecule is CCCN(CCNC1CCN(C)CC1)c1cc(OI)c(N)c(C)c1C(C=NC)=CN.